The van der Waals surface area contributed by atoms with E-state index in [2.05, 4.69) is 12.6 Å². The second-order valence-electron chi connectivity index (χ2n) is 6.32. The van der Waals surface area contributed by atoms with Gasteiger partial charge >= 0.3 is 7.12 Å². The maximum Gasteiger partial charge on any atom is 0.491 e. The van der Waals surface area contributed by atoms with Crippen LogP contribution in [0.4, 0.5) is 4.39 Å². The number of rotatable bonds is 3. The van der Waals surface area contributed by atoms with E-state index in [0.29, 0.717) is 5.75 Å². The monoisotopic (exact) mass is 319 g/mol. The molecule has 116 valence electrons. The molecule has 0 aliphatic carbocycles. The fourth-order valence-corrected chi connectivity index (χ4v) is 2.36. The van der Waals surface area contributed by atoms with Gasteiger partial charge < -0.3 is 9.31 Å². The average Bonchev–Trinajstić information content (AvgIpc) is 2.66. The van der Waals surface area contributed by atoms with E-state index in [0.717, 1.165) is 11.0 Å². The standard InChI is InChI=1S/C16H19BFNO2S/c1-15(2)16(3,4)21-17(20-15)13(10-22)8-11-5-6-14(18)12(7-11)9-19/h5-8,22H,10H2,1-4H3. The van der Waals surface area contributed by atoms with E-state index in [-0.39, 0.29) is 5.56 Å². The largest absolute Gasteiger partial charge is 0.491 e. The minimum absolute atomic E-state index is 0.0150. The van der Waals surface area contributed by atoms with Gasteiger partial charge in [0.25, 0.3) is 0 Å². The summed E-state index contributed by atoms with van der Waals surface area (Å²) in [5, 5.41) is 8.91. The Morgan fingerprint density at radius 1 is 1.32 bits per heavy atom. The van der Waals surface area contributed by atoms with Crippen LogP contribution < -0.4 is 0 Å². The zero-order chi connectivity index (χ0) is 16.5. The van der Waals surface area contributed by atoms with Crippen molar-refractivity contribution in [2.75, 3.05) is 5.75 Å². The van der Waals surface area contributed by atoms with Gasteiger partial charge in [-0.1, -0.05) is 12.1 Å². The molecule has 1 aliphatic heterocycles. The summed E-state index contributed by atoms with van der Waals surface area (Å²) in [6.07, 6.45) is 1.83. The van der Waals surface area contributed by atoms with Crippen LogP contribution in [0.3, 0.4) is 0 Å². The first-order chi connectivity index (χ1) is 10.2. The Balaban J connectivity index is 2.32. The molecular formula is C16H19BFNO2S. The Morgan fingerprint density at radius 2 is 1.91 bits per heavy atom. The Bertz CT molecular complexity index is 636. The van der Waals surface area contributed by atoms with Crippen LogP contribution in [0.1, 0.15) is 38.8 Å². The third-order valence-corrected chi connectivity index (χ3v) is 4.57. The van der Waals surface area contributed by atoms with E-state index >= 15 is 0 Å². The van der Waals surface area contributed by atoms with Crippen molar-refractivity contribution in [1.82, 2.24) is 0 Å². The molecule has 1 heterocycles. The Morgan fingerprint density at radius 3 is 2.41 bits per heavy atom. The molecule has 0 aromatic heterocycles. The number of halogens is 1. The highest BCUT2D eigenvalue weighted by Gasteiger charge is 2.52. The van der Waals surface area contributed by atoms with Crippen LogP contribution in [0.25, 0.3) is 6.08 Å². The van der Waals surface area contributed by atoms with Gasteiger partial charge in [0.15, 0.2) is 0 Å². The highest BCUT2D eigenvalue weighted by atomic mass is 32.1. The zero-order valence-corrected chi connectivity index (χ0v) is 14.1. The number of thiol groups is 1. The highest BCUT2D eigenvalue weighted by Crippen LogP contribution is 2.39. The van der Waals surface area contributed by atoms with Crippen LogP contribution in [0.5, 0.6) is 0 Å². The number of nitriles is 1. The molecule has 1 aliphatic rings. The minimum Gasteiger partial charge on any atom is -0.400 e. The van der Waals surface area contributed by atoms with Gasteiger partial charge in [-0.2, -0.15) is 17.9 Å². The van der Waals surface area contributed by atoms with E-state index in [1.165, 1.54) is 12.1 Å². The molecule has 6 heteroatoms. The van der Waals surface area contributed by atoms with Gasteiger partial charge in [-0.25, -0.2) is 4.39 Å². The molecule has 0 atom stereocenters. The Labute approximate surface area is 136 Å². The molecule has 22 heavy (non-hydrogen) atoms. The van der Waals surface area contributed by atoms with Gasteiger partial charge in [-0.3, -0.25) is 0 Å². The van der Waals surface area contributed by atoms with Crippen molar-refractivity contribution in [3.63, 3.8) is 0 Å². The molecule has 0 saturated carbocycles. The van der Waals surface area contributed by atoms with Gasteiger partial charge in [0.05, 0.1) is 16.8 Å². The quantitative estimate of drug-likeness (QED) is 0.683. The fourth-order valence-electron chi connectivity index (χ4n) is 2.12. The van der Waals surface area contributed by atoms with Gasteiger partial charge in [0.2, 0.25) is 0 Å². The van der Waals surface area contributed by atoms with E-state index < -0.39 is 24.1 Å². The first-order valence-corrected chi connectivity index (χ1v) is 7.70. The molecule has 1 aromatic rings. The summed E-state index contributed by atoms with van der Waals surface area (Å²) in [4.78, 5) is 0. The SMILES string of the molecule is CC1(C)OB(C(=Cc2ccc(F)c(C#N)c2)CS)OC1(C)C. The van der Waals surface area contributed by atoms with Crippen LogP contribution in [-0.4, -0.2) is 24.1 Å². The van der Waals surface area contributed by atoms with Crippen molar-refractivity contribution in [3.05, 3.63) is 40.6 Å². The highest BCUT2D eigenvalue weighted by molar-refractivity contribution is 7.80. The first kappa shape index (κ1) is 17.1. The topological polar surface area (TPSA) is 42.2 Å². The summed E-state index contributed by atoms with van der Waals surface area (Å²) in [6, 6.07) is 6.24. The predicted octanol–water partition coefficient (Wildman–Crippen LogP) is 3.64. The van der Waals surface area contributed by atoms with E-state index in [1.54, 1.807) is 6.07 Å². The second kappa shape index (κ2) is 6.07. The predicted molar refractivity (Wildman–Crippen MR) is 89.0 cm³/mol. The lowest BCUT2D eigenvalue weighted by Crippen LogP contribution is -2.41. The molecule has 1 saturated heterocycles. The molecule has 0 amide bonds. The van der Waals surface area contributed by atoms with E-state index in [4.69, 9.17) is 14.6 Å². The van der Waals surface area contributed by atoms with Crippen LogP contribution >= 0.6 is 12.6 Å². The fraction of sp³-hybridized carbons (Fsp3) is 0.438. The molecule has 0 bridgehead atoms. The van der Waals surface area contributed by atoms with Gasteiger partial charge in [0.1, 0.15) is 11.9 Å². The average molecular weight is 319 g/mol. The number of benzene rings is 1. The maximum absolute atomic E-state index is 13.4. The molecular weight excluding hydrogens is 300 g/mol. The molecule has 2 rings (SSSR count). The Kier molecular flexibility index (Phi) is 4.71. The molecule has 0 spiro atoms. The van der Waals surface area contributed by atoms with Gasteiger partial charge in [-0.05, 0) is 50.9 Å². The van der Waals surface area contributed by atoms with E-state index in [9.17, 15) is 4.39 Å². The third kappa shape index (κ3) is 3.22. The van der Waals surface area contributed by atoms with Gasteiger partial charge in [0, 0.05) is 5.75 Å². The van der Waals surface area contributed by atoms with Gasteiger partial charge in [-0.15, -0.1) is 0 Å². The molecule has 0 N–H and O–H groups in total. The third-order valence-electron chi connectivity index (χ3n) is 4.20. The molecule has 0 radical (unpaired) electrons. The van der Waals surface area contributed by atoms with Crippen molar-refractivity contribution in [3.8, 4) is 6.07 Å². The van der Waals surface area contributed by atoms with E-state index in [1.807, 2.05) is 39.8 Å². The van der Waals surface area contributed by atoms with Crippen molar-refractivity contribution >= 4 is 25.8 Å². The van der Waals surface area contributed by atoms with Crippen LogP contribution in [-0.2, 0) is 9.31 Å². The Hall–Kier alpha value is -1.29. The normalized spacial score (nSPS) is 20.0. The summed E-state index contributed by atoms with van der Waals surface area (Å²) in [6.45, 7) is 7.92. The van der Waals surface area contributed by atoms with Crippen LogP contribution in [0, 0.1) is 17.1 Å². The molecule has 0 unspecified atom stereocenters. The smallest absolute Gasteiger partial charge is 0.400 e. The molecule has 1 aromatic carbocycles. The van der Waals surface area contributed by atoms with Crippen LogP contribution in [0.2, 0.25) is 0 Å². The minimum atomic E-state index is -0.525. The summed E-state index contributed by atoms with van der Waals surface area (Å²) < 4.78 is 25.4. The summed E-state index contributed by atoms with van der Waals surface area (Å²) in [5.41, 5.74) is 0.705. The van der Waals surface area contributed by atoms with Crippen molar-refractivity contribution in [2.45, 2.75) is 38.9 Å². The molecule has 1 fully saturated rings. The molecule has 3 nitrogen and oxygen atoms in total. The number of nitrogens with zero attached hydrogens (tertiary/aromatic N) is 1. The second-order valence-corrected chi connectivity index (χ2v) is 6.63. The summed E-state index contributed by atoms with van der Waals surface area (Å²) >= 11 is 4.34. The lowest BCUT2D eigenvalue weighted by Gasteiger charge is -2.32. The summed E-state index contributed by atoms with van der Waals surface area (Å²) in [5.74, 6) is -0.0847. The number of hydrogen-bond donors (Lipinski definition) is 1. The van der Waals surface area contributed by atoms with Crippen molar-refractivity contribution < 1.29 is 13.7 Å². The van der Waals surface area contributed by atoms with Crippen LogP contribution in [0.15, 0.2) is 23.7 Å². The summed E-state index contributed by atoms with van der Waals surface area (Å²) in [7, 11) is -0.502. The maximum atomic E-state index is 13.4. The first-order valence-electron chi connectivity index (χ1n) is 7.07. The zero-order valence-electron chi connectivity index (χ0n) is 13.2. The van der Waals surface area contributed by atoms with Crippen molar-refractivity contribution in [1.29, 1.82) is 5.26 Å². The number of hydrogen-bond acceptors (Lipinski definition) is 4. The lowest BCUT2D eigenvalue weighted by atomic mass is 9.78. The lowest BCUT2D eigenvalue weighted by molar-refractivity contribution is 0.00578. The van der Waals surface area contributed by atoms with Crippen molar-refractivity contribution in [2.24, 2.45) is 0 Å².